The lowest BCUT2D eigenvalue weighted by Gasteiger charge is -2.16. The van der Waals surface area contributed by atoms with Crippen LogP contribution in [-0.2, 0) is 19.3 Å². The highest BCUT2D eigenvalue weighted by atomic mass is 35.5. The minimum Gasteiger partial charge on any atom is -0.348 e. The molecular weight excluding hydrogens is 670 g/mol. The predicted octanol–water partition coefficient (Wildman–Crippen LogP) is 6.25. The van der Waals surface area contributed by atoms with Gasteiger partial charge in [-0.2, -0.15) is 28.3 Å². The van der Waals surface area contributed by atoms with Crippen molar-refractivity contribution < 1.29 is 22.8 Å². The zero-order chi connectivity index (χ0) is 33.2. The van der Waals surface area contributed by atoms with Crippen LogP contribution >= 0.6 is 34.8 Å². The summed E-state index contributed by atoms with van der Waals surface area (Å²) in [6, 6.07) is 17.5. The molecule has 0 aliphatic rings. The summed E-state index contributed by atoms with van der Waals surface area (Å²) in [4.78, 5) is 27.9. The van der Waals surface area contributed by atoms with Crippen LogP contribution in [0.25, 0.3) is 5.69 Å². The first-order valence-electron chi connectivity index (χ1n) is 13.1. The van der Waals surface area contributed by atoms with E-state index < -0.39 is 23.8 Å². The standard InChI is InChI=1S/C29H19Cl3F3N9O2/c1-15-8-17(12-36)9-19(26(45)37-13-16-6-7-20(30)22(32)10-16)25(15)38-27(46)24-11-18(14-43-41-28(39-42-43)29(33,34)35)40-44(24)23-5-3-2-4-21(23)31/h2-11H,13-14H2,1H3,(H,37,45)(H,38,46). The van der Waals surface area contributed by atoms with Crippen LogP contribution in [-0.4, -0.2) is 41.8 Å². The van der Waals surface area contributed by atoms with E-state index in [0.29, 0.717) is 31.7 Å². The van der Waals surface area contributed by atoms with E-state index in [-0.39, 0.29) is 46.3 Å². The number of alkyl halides is 3. The number of aromatic nitrogens is 6. The van der Waals surface area contributed by atoms with Gasteiger partial charge >= 0.3 is 6.18 Å². The van der Waals surface area contributed by atoms with Gasteiger partial charge in [0.05, 0.1) is 49.3 Å². The molecule has 46 heavy (non-hydrogen) atoms. The molecule has 0 fully saturated rings. The molecule has 0 aliphatic heterocycles. The largest absolute Gasteiger partial charge is 0.455 e. The summed E-state index contributed by atoms with van der Waals surface area (Å²) in [5.41, 5.74) is 1.66. The van der Waals surface area contributed by atoms with Gasteiger partial charge in [0.15, 0.2) is 0 Å². The number of aryl methyl sites for hydroxylation is 1. The number of nitriles is 1. The van der Waals surface area contributed by atoms with Crippen molar-refractivity contribution >= 4 is 52.3 Å². The Hall–Kier alpha value is -4.97. The number of carbonyl (C=O) groups excluding carboxylic acids is 2. The number of halogens is 6. The first kappa shape index (κ1) is 32.4. The van der Waals surface area contributed by atoms with Crippen LogP contribution in [0.15, 0.2) is 60.7 Å². The van der Waals surface area contributed by atoms with Gasteiger partial charge in [-0.15, -0.1) is 10.2 Å². The van der Waals surface area contributed by atoms with Crippen molar-refractivity contribution in [3.05, 3.63) is 115 Å². The van der Waals surface area contributed by atoms with Gasteiger partial charge in [0.2, 0.25) is 0 Å². The van der Waals surface area contributed by atoms with E-state index >= 15 is 0 Å². The molecule has 0 saturated carbocycles. The van der Waals surface area contributed by atoms with E-state index in [9.17, 15) is 28.0 Å². The maximum Gasteiger partial charge on any atom is 0.455 e. The fourth-order valence-corrected chi connectivity index (χ4v) is 4.88. The number of anilines is 1. The number of hydrogen-bond donors (Lipinski definition) is 2. The molecule has 2 N–H and O–H groups in total. The summed E-state index contributed by atoms with van der Waals surface area (Å²) in [5, 5.41) is 30.0. The molecule has 17 heteroatoms. The Kier molecular flexibility index (Phi) is 9.29. The Balaban J connectivity index is 1.48. The number of hydrogen-bond acceptors (Lipinski definition) is 7. The molecule has 0 bridgehead atoms. The van der Waals surface area contributed by atoms with Gasteiger partial charge in [0, 0.05) is 6.54 Å². The molecule has 3 aromatic carbocycles. The second-order valence-corrected chi connectivity index (χ2v) is 11.0. The van der Waals surface area contributed by atoms with Crippen LogP contribution in [0.4, 0.5) is 18.9 Å². The molecule has 5 aromatic rings. The highest BCUT2D eigenvalue weighted by Gasteiger charge is 2.37. The number of benzene rings is 3. The second-order valence-electron chi connectivity index (χ2n) is 9.74. The molecule has 0 saturated heterocycles. The number of para-hydroxylation sites is 1. The van der Waals surface area contributed by atoms with Gasteiger partial charge in [0.1, 0.15) is 12.2 Å². The average molecular weight is 689 g/mol. The maximum atomic E-state index is 13.8. The van der Waals surface area contributed by atoms with Crippen molar-refractivity contribution in [2.75, 3.05) is 5.32 Å². The maximum absolute atomic E-state index is 13.8. The third-order valence-electron chi connectivity index (χ3n) is 6.47. The van der Waals surface area contributed by atoms with Crippen molar-refractivity contribution in [3.63, 3.8) is 0 Å². The first-order valence-corrected chi connectivity index (χ1v) is 14.2. The van der Waals surface area contributed by atoms with Gasteiger partial charge < -0.3 is 10.6 Å². The smallest absolute Gasteiger partial charge is 0.348 e. The Labute approximate surface area is 273 Å². The highest BCUT2D eigenvalue weighted by molar-refractivity contribution is 6.42. The van der Waals surface area contributed by atoms with Crippen molar-refractivity contribution in [2.45, 2.75) is 26.2 Å². The molecule has 0 radical (unpaired) electrons. The fraction of sp³-hybridized carbons (Fsp3) is 0.138. The molecule has 0 spiro atoms. The van der Waals surface area contributed by atoms with Gasteiger partial charge in [-0.25, -0.2) is 4.68 Å². The molecule has 2 amide bonds. The highest BCUT2D eigenvalue weighted by Crippen LogP contribution is 2.28. The summed E-state index contributed by atoms with van der Waals surface area (Å²) >= 11 is 18.4. The molecule has 2 heterocycles. The molecule has 0 unspecified atom stereocenters. The second kappa shape index (κ2) is 13.2. The Bertz CT molecular complexity index is 2020. The lowest BCUT2D eigenvalue weighted by atomic mass is 10.0. The van der Waals surface area contributed by atoms with E-state index in [1.165, 1.54) is 22.9 Å². The summed E-state index contributed by atoms with van der Waals surface area (Å²) in [7, 11) is 0. The zero-order valence-corrected chi connectivity index (χ0v) is 25.7. The van der Waals surface area contributed by atoms with Crippen molar-refractivity contribution in [1.82, 2.24) is 35.3 Å². The van der Waals surface area contributed by atoms with Crippen molar-refractivity contribution in [2.24, 2.45) is 0 Å². The lowest BCUT2D eigenvalue weighted by Crippen LogP contribution is -2.26. The third kappa shape index (κ3) is 7.12. The fourth-order valence-electron chi connectivity index (χ4n) is 4.35. The number of nitrogens with zero attached hydrogens (tertiary/aromatic N) is 7. The minimum atomic E-state index is -4.80. The van der Waals surface area contributed by atoms with E-state index in [1.54, 1.807) is 49.4 Å². The van der Waals surface area contributed by atoms with E-state index in [0.717, 1.165) is 0 Å². The van der Waals surface area contributed by atoms with E-state index in [1.807, 2.05) is 6.07 Å². The number of rotatable bonds is 8. The van der Waals surface area contributed by atoms with Gasteiger partial charge in [-0.05, 0) is 65.7 Å². The van der Waals surface area contributed by atoms with E-state index in [2.05, 4.69) is 31.1 Å². The molecule has 11 nitrogen and oxygen atoms in total. The summed E-state index contributed by atoms with van der Waals surface area (Å²) < 4.78 is 40.2. The monoisotopic (exact) mass is 687 g/mol. The summed E-state index contributed by atoms with van der Waals surface area (Å²) in [6.07, 6.45) is -4.80. The van der Waals surface area contributed by atoms with Crippen LogP contribution in [0.2, 0.25) is 15.1 Å². The Morgan fingerprint density at radius 3 is 2.39 bits per heavy atom. The molecule has 5 rings (SSSR count). The van der Waals surface area contributed by atoms with Gasteiger partial charge in [-0.3, -0.25) is 9.59 Å². The first-order chi connectivity index (χ1) is 21.8. The van der Waals surface area contributed by atoms with Crippen LogP contribution in [0.1, 0.15) is 49.1 Å². The number of carbonyl (C=O) groups is 2. The third-order valence-corrected chi connectivity index (χ3v) is 7.53. The molecule has 234 valence electrons. The van der Waals surface area contributed by atoms with Crippen LogP contribution < -0.4 is 10.6 Å². The van der Waals surface area contributed by atoms with Gasteiger partial charge in [0.25, 0.3) is 17.6 Å². The topological polar surface area (TPSA) is 143 Å². The lowest BCUT2D eigenvalue weighted by molar-refractivity contribution is -0.145. The van der Waals surface area contributed by atoms with Crippen molar-refractivity contribution in [1.29, 1.82) is 5.26 Å². The van der Waals surface area contributed by atoms with E-state index in [4.69, 9.17) is 34.8 Å². The molecular formula is C29H19Cl3F3N9O2. The van der Waals surface area contributed by atoms with Gasteiger partial charge in [-0.1, -0.05) is 53.0 Å². The SMILES string of the molecule is Cc1cc(C#N)cc(C(=O)NCc2ccc(Cl)c(Cl)c2)c1NC(=O)c1cc(Cn2nnc(C(F)(F)F)n2)nn1-c1ccccc1Cl. The Morgan fingerprint density at radius 1 is 0.957 bits per heavy atom. The van der Waals surface area contributed by atoms with Crippen LogP contribution in [0.3, 0.4) is 0 Å². The average Bonchev–Trinajstić information content (AvgIpc) is 3.66. The molecule has 0 aliphatic carbocycles. The van der Waals surface area contributed by atoms with Crippen LogP contribution in [0, 0.1) is 18.3 Å². The quantitative estimate of drug-likeness (QED) is 0.196. The number of amides is 2. The predicted molar refractivity (Wildman–Crippen MR) is 162 cm³/mol. The number of nitrogens with one attached hydrogen (secondary N) is 2. The Morgan fingerprint density at radius 2 is 1.72 bits per heavy atom. The summed E-state index contributed by atoms with van der Waals surface area (Å²) in [6.45, 7) is 1.31. The number of tetrazole rings is 1. The normalized spacial score (nSPS) is 11.3. The zero-order valence-electron chi connectivity index (χ0n) is 23.4. The molecule has 2 aromatic heterocycles. The van der Waals surface area contributed by atoms with Crippen LogP contribution in [0.5, 0.6) is 0 Å². The summed E-state index contributed by atoms with van der Waals surface area (Å²) in [5.74, 6) is -2.77. The van der Waals surface area contributed by atoms with Crippen molar-refractivity contribution in [3.8, 4) is 11.8 Å². The molecule has 0 atom stereocenters. The minimum absolute atomic E-state index is 0.000452.